The normalized spacial score (nSPS) is 11.6. The lowest BCUT2D eigenvalue weighted by atomic mass is 9.97. The van der Waals surface area contributed by atoms with Crippen molar-refractivity contribution in [3.63, 3.8) is 0 Å². The predicted molar refractivity (Wildman–Crippen MR) is 123 cm³/mol. The van der Waals surface area contributed by atoms with E-state index in [0.29, 0.717) is 17.1 Å². The fourth-order valence-corrected chi connectivity index (χ4v) is 3.66. The molecule has 6 nitrogen and oxygen atoms in total. The molecule has 0 saturated carbocycles. The SMILES string of the molecule is CNC(CCCCCCc1ccc(OC)c(OC)c1)C(=O)c1ccc(OC)c(OC)c1. The first-order valence-corrected chi connectivity index (χ1v) is 10.7. The molecule has 0 bridgehead atoms. The van der Waals surface area contributed by atoms with Crippen molar-refractivity contribution < 1.29 is 23.7 Å². The van der Waals surface area contributed by atoms with Crippen molar-refractivity contribution in [3.05, 3.63) is 47.5 Å². The van der Waals surface area contributed by atoms with E-state index in [4.69, 9.17) is 18.9 Å². The molecule has 31 heavy (non-hydrogen) atoms. The van der Waals surface area contributed by atoms with Gasteiger partial charge in [0.1, 0.15) is 0 Å². The molecular formula is C25H35NO5. The van der Waals surface area contributed by atoms with Gasteiger partial charge in [-0.15, -0.1) is 0 Å². The first kappa shape index (κ1) is 24.5. The van der Waals surface area contributed by atoms with Gasteiger partial charge in [-0.1, -0.05) is 25.3 Å². The number of aryl methyl sites for hydroxylation is 1. The number of Topliss-reactive ketones (excluding diaryl/α,β-unsaturated/α-hetero) is 1. The highest BCUT2D eigenvalue weighted by molar-refractivity contribution is 6.00. The van der Waals surface area contributed by atoms with Gasteiger partial charge in [0.2, 0.25) is 0 Å². The highest BCUT2D eigenvalue weighted by atomic mass is 16.5. The molecule has 0 aromatic heterocycles. The Morgan fingerprint density at radius 1 is 0.774 bits per heavy atom. The quantitative estimate of drug-likeness (QED) is 0.347. The van der Waals surface area contributed by atoms with Crippen molar-refractivity contribution in [2.45, 2.75) is 44.6 Å². The number of hydrogen-bond donors (Lipinski definition) is 1. The molecule has 1 N–H and O–H groups in total. The first-order chi connectivity index (χ1) is 15.1. The number of hydrogen-bond acceptors (Lipinski definition) is 6. The molecule has 0 spiro atoms. The third-order valence-corrected chi connectivity index (χ3v) is 5.49. The van der Waals surface area contributed by atoms with Crippen molar-refractivity contribution in [3.8, 4) is 23.0 Å². The number of methoxy groups -OCH3 is 4. The van der Waals surface area contributed by atoms with Crippen molar-refractivity contribution in [2.24, 2.45) is 0 Å². The van der Waals surface area contributed by atoms with Gasteiger partial charge in [-0.2, -0.15) is 0 Å². The molecule has 2 aromatic carbocycles. The van der Waals surface area contributed by atoms with Crippen LogP contribution in [0.5, 0.6) is 23.0 Å². The minimum Gasteiger partial charge on any atom is -0.493 e. The smallest absolute Gasteiger partial charge is 0.179 e. The van der Waals surface area contributed by atoms with Crippen molar-refractivity contribution in [2.75, 3.05) is 35.5 Å². The van der Waals surface area contributed by atoms with Crippen LogP contribution in [-0.4, -0.2) is 47.3 Å². The van der Waals surface area contributed by atoms with Gasteiger partial charge >= 0.3 is 0 Å². The third-order valence-electron chi connectivity index (χ3n) is 5.49. The molecule has 1 unspecified atom stereocenters. The van der Waals surface area contributed by atoms with E-state index in [2.05, 4.69) is 11.4 Å². The Balaban J connectivity index is 1.78. The van der Waals surface area contributed by atoms with Gasteiger partial charge in [0, 0.05) is 5.56 Å². The summed E-state index contributed by atoms with van der Waals surface area (Å²) in [6.07, 6.45) is 6.11. The van der Waals surface area contributed by atoms with Crippen molar-refractivity contribution in [1.82, 2.24) is 5.32 Å². The van der Waals surface area contributed by atoms with Crippen LogP contribution in [0.25, 0.3) is 0 Å². The molecule has 170 valence electrons. The number of ether oxygens (including phenoxy) is 4. The highest BCUT2D eigenvalue weighted by Crippen LogP contribution is 2.29. The maximum Gasteiger partial charge on any atom is 0.179 e. The molecule has 0 radical (unpaired) electrons. The van der Waals surface area contributed by atoms with Crippen LogP contribution in [0.15, 0.2) is 36.4 Å². The van der Waals surface area contributed by atoms with Crippen LogP contribution in [-0.2, 0) is 6.42 Å². The van der Waals surface area contributed by atoms with Gasteiger partial charge in [0.25, 0.3) is 0 Å². The number of ketones is 1. The summed E-state index contributed by atoms with van der Waals surface area (Å²) in [5, 5.41) is 3.16. The van der Waals surface area contributed by atoms with Gasteiger partial charge in [-0.3, -0.25) is 4.79 Å². The van der Waals surface area contributed by atoms with Crippen LogP contribution in [0, 0.1) is 0 Å². The second-order valence-corrected chi connectivity index (χ2v) is 7.42. The first-order valence-electron chi connectivity index (χ1n) is 10.7. The number of rotatable bonds is 14. The third kappa shape index (κ3) is 6.89. The molecule has 2 rings (SSSR count). The summed E-state index contributed by atoms with van der Waals surface area (Å²) in [5.74, 6) is 2.79. The van der Waals surface area contributed by atoms with Crippen LogP contribution in [0.4, 0.5) is 0 Å². The van der Waals surface area contributed by atoms with Gasteiger partial charge in [-0.05, 0) is 62.2 Å². The average molecular weight is 430 g/mol. The van der Waals surface area contributed by atoms with Crippen LogP contribution >= 0.6 is 0 Å². The number of carbonyl (C=O) groups is 1. The van der Waals surface area contributed by atoms with Gasteiger partial charge in [0.05, 0.1) is 34.5 Å². The summed E-state index contributed by atoms with van der Waals surface area (Å²) in [7, 11) is 8.29. The largest absolute Gasteiger partial charge is 0.493 e. The lowest BCUT2D eigenvalue weighted by Gasteiger charge is -2.16. The van der Waals surface area contributed by atoms with E-state index in [-0.39, 0.29) is 11.8 Å². The second kappa shape index (κ2) is 12.8. The van der Waals surface area contributed by atoms with Crippen molar-refractivity contribution in [1.29, 1.82) is 0 Å². The summed E-state index contributed by atoms with van der Waals surface area (Å²) in [6.45, 7) is 0. The topological polar surface area (TPSA) is 66.0 Å². The van der Waals surface area contributed by atoms with Gasteiger partial charge in [-0.25, -0.2) is 0 Å². The minimum absolute atomic E-state index is 0.0776. The van der Waals surface area contributed by atoms with Crippen LogP contribution in [0.2, 0.25) is 0 Å². The number of benzene rings is 2. The molecule has 0 aliphatic carbocycles. The molecule has 6 heteroatoms. The molecule has 0 fully saturated rings. The minimum atomic E-state index is -0.205. The molecule has 0 heterocycles. The Morgan fingerprint density at radius 3 is 1.97 bits per heavy atom. The summed E-state index contributed by atoms with van der Waals surface area (Å²) in [4.78, 5) is 12.9. The van der Waals surface area contributed by atoms with Crippen LogP contribution < -0.4 is 24.3 Å². The Labute approximate surface area is 185 Å². The maximum atomic E-state index is 12.9. The van der Waals surface area contributed by atoms with E-state index in [1.54, 1.807) is 46.6 Å². The molecule has 1 atom stereocenters. The maximum absolute atomic E-state index is 12.9. The molecule has 0 aliphatic rings. The molecule has 0 amide bonds. The second-order valence-electron chi connectivity index (χ2n) is 7.42. The summed E-state index contributed by atoms with van der Waals surface area (Å²) >= 11 is 0. The van der Waals surface area contributed by atoms with E-state index in [1.807, 2.05) is 19.2 Å². The highest BCUT2D eigenvalue weighted by Gasteiger charge is 2.19. The molecule has 0 saturated heterocycles. The monoisotopic (exact) mass is 429 g/mol. The lowest BCUT2D eigenvalue weighted by molar-refractivity contribution is 0.0940. The predicted octanol–water partition coefficient (Wildman–Crippen LogP) is 4.68. The Hall–Kier alpha value is -2.73. The molecule has 2 aromatic rings. The molecular weight excluding hydrogens is 394 g/mol. The summed E-state index contributed by atoms with van der Waals surface area (Å²) in [6, 6.07) is 11.2. The van der Waals surface area contributed by atoms with E-state index < -0.39 is 0 Å². The molecule has 0 aliphatic heterocycles. The summed E-state index contributed by atoms with van der Waals surface area (Å²) in [5.41, 5.74) is 1.87. The van der Waals surface area contributed by atoms with Crippen LogP contribution in [0.3, 0.4) is 0 Å². The fraction of sp³-hybridized carbons (Fsp3) is 0.480. The van der Waals surface area contributed by atoms with E-state index in [1.165, 1.54) is 5.56 Å². The lowest BCUT2D eigenvalue weighted by Crippen LogP contribution is -2.34. The standard InChI is InChI=1S/C25H35NO5/c1-26-20(25(27)19-13-15-22(29-3)24(17-19)31-5)11-9-7-6-8-10-18-12-14-21(28-2)23(16-18)30-4/h12-17,20,26H,6-11H2,1-5H3. The Kier molecular flexibility index (Phi) is 10.2. The zero-order valence-electron chi connectivity index (χ0n) is 19.3. The number of unbranched alkanes of at least 4 members (excludes halogenated alkanes) is 3. The average Bonchev–Trinajstić information content (AvgIpc) is 2.82. The zero-order chi connectivity index (χ0) is 22.6. The number of nitrogens with one attached hydrogen (secondary N) is 1. The fourth-order valence-electron chi connectivity index (χ4n) is 3.66. The van der Waals surface area contributed by atoms with E-state index in [0.717, 1.165) is 50.0 Å². The zero-order valence-corrected chi connectivity index (χ0v) is 19.3. The Morgan fingerprint density at radius 2 is 1.35 bits per heavy atom. The van der Waals surface area contributed by atoms with Crippen LogP contribution in [0.1, 0.15) is 48.0 Å². The van der Waals surface area contributed by atoms with Crippen molar-refractivity contribution >= 4 is 5.78 Å². The van der Waals surface area contributed by atoms with Gasteiger partial charge in [0.15, 0.2) is 28.8 Å². The van der Waals surface area contributed by atoms with Gasteiger partial charge < -0.3 is 24.3 Å². The number of carbonyl (C=O) groups excluding carboxylic acids is 1. The van der Waals surface area contributed by atoms with E-state index in [9.17, 15) is 4.79 Å². The number of likely N-dealkylation sites (N-methyl/N-ethyl adjacent to an activating group) is 1. The van der Waals surface area contributed by atoms with E-state index >= 15 is 0 Å². The summed E-state index contributed by atoms with van der Waals surface area (Å²) < 4.78 is 21.2. The Bertz CT molecular complexity index is 837.